The molecule has 2 heterocycles. The smallest absolute Gasteiger partial charge is 0.338 e. The number of unbranched alkanes of at least 4 members (excludes halogenated alkanes) is 20. The number of carbonyl (C=O) groups is 2. The predicted molar refractivity (Wildman–Crippen MR) is 566 cm³/mol. The normalized spacial score (nSPS) is 14.4. The number of anilines is 6. The number of esters is 2. The third-order valence-electron chi connectivity index (χ3n) is 30.3. The van der Waals surface area contributed by atoms with E-state index in [-0.39, 0.29) is 46.8 Å². The predicted octanol–water partition coefficient (Wildman–Crippen LogP) is 34.7. The molecule has 12 aromatic rings. The molecule has 0 aromatic heterocycles. The van der Waals surface area contributed by atoms with Crippen LogP contribution in [0.1, 0.15) is 302 Å². The summed E-state index contributed by atoms with van der Waals surface area (Å²) in [6.45, 7) is 23.8. The molecule has 0 saturated carbocycles. The molecule has 0 radical (unpaired) electrons. The summed E-state index contributed by atoms with van der Waals surface area (Å²) in [5.41, 5.74) is 32.2. The summed E-state index contributed by atoms with van der Waals surface area (Å²) in [6.07, 6.45) is 36.8. The Morgan fingerprint density at radius 2 is 0.522 bits per heavy atom. The van der Waals surface area contributed by atoms with Crippen molar-refractivity contribution in [2.75, 3.05) is 62.7 Å². The number of carbonyl (C=O) groups excluding carboxylic acids is 2. The van der Waals surface area contributed by atoms with Gasteiger partial charge in [-0.2, -0.15) is 0 Å². The summed E-state index contributed by atoms with van der Waals surface area (Å²) < 4.78 is 35.1. The number of nitrogens with zero attached hydrogens (tertiary/aromatic N) is 2. The second-order valence-electron chi connectivity index (χ2n) is 39.7. The molecule has 0 bridgehead atoms. The molecule has 16 rings (SSSR count). The molecular weight excluding hydrogens is 1670 g/mol. The summed E-state index contributed by atoms with van der Waals surface area (Å²) in [7, 11) is 0. The lowest BCUT2D eigenvalue weighted by Gasteiger charge is -2.40. The molecule has 0 spiro atoms. The van der Waals surface area contributed by atoms with Crippen molar-refractivity contribution in [3.63, 3.8) is 0 Å². The van der Waals surface area contributed by atoms with Crippen LogP contribution in [-0.4, -0.2) is 64.8 Å². The van der Waals surface area contributed by atoms with Crippen molar-refractivity contribution in [2.45, 2.75) is 272 Å². The van der Waals surface area contributed by atoms with E-state index in [1.165, 1.54) is 243 Å². The first kappa shape index (κ1) is 98.1. The lowest BCUT2D eigenvalue weighted by Crippen LogP contribution is -2.45. The summed E-state index contributed by atoms with van der Waals surface area (Å²) in [5.74, 6) is -0.710. The maximum absolute atomic E-state index is 13.6. The SMILES string of the molecule is CCCCCCCCC1(CCCCCCCC)c2cc(-c3ccc(COCC4(CC)COC4)cc3)ccc2-c2ccc(-c3ccc(N(c4ccc(-c5ccc(N(c6ccc(-c7ccc8c(c7)C(CCCCCCCC)(CCCCCCCC)c7cc(-c9ccc(COCC%10(CC)COC%10)cc9)ccc7-8)cc6)c6cccc(C(=O)OCC)c6)cc5)cc4)c4cccc(C(=O)OCC)c4)cc3)cc21. The van der Waals surface area contributed by atoms with Crippen molar-refractivity contribution in [3.05, 3.63) is 311 Å². The molecule has 4 aliphatic rings. The van der Waals surface area contributed by atoms with Gasteiger partial charge in [0.15, 0.2) is 0 Å². The molecule has 2 fully saturated rings. The van der Waals surface area contributed by atoms with Crippen molar-refractivity contribution in [1.29, 1.82) is 0 Å². The molecule has 10 heteroatoms. The Bertz CT molecular complexity index is 5460. The van der Waals surface area contributed by atoms with Crippen LogP contribution in [0.5, 0.6) is 0 Å². The van der Waals surface area contributed by atoms with E-state index in [9.17, 15) is 9.59 Å². The Balaban J connectivity index is 0.689. The zero-order valence-electron chi connectivity index (χ0n) is 82.8. The van der Waals surface area contributed by atoms with Crippen LogP contribution >= 0.6 is 0 Å². The Morgan fingerprint density at radius 3 is 0.772 bits per heavy atom. The van der Waals surface area contributed by atoms with E-state index < -0.39 is 0 Å². The van der Waals surface area contributed by atoms with E-state index in [1.54, 1.807) is 0 Å². The van der Waals surface area contributed by atoms with Crippen molar-refractivity contribution in [2.24, 2.45) is 10.8 Å². The van der Waals surface area contributed by atoms with Gasteiger partial charge in [0.1, 0.15) is 0 Å². The molecule has 2 aliphatic heterocycles. The van der Waals surface area contributed by atoms with Crippen LogP contribution in [0.3, 0.4) is 0 Å². The van der Waals surface area contributed by atoms with E-state index in [1.807, 2.05) is 50.2 Å². The third-order valence-corrected chi connectivity index (χ3v) is 30.3. The zero-order chi connectivity index (χ0) is 94.1. The molecule has 12 aromatic carbocycles. The van der Waals surface area contributed by atoms with Gasteiger partial charge in [-0.05, 0) is 273 Å². The Hall–Kier alpha value is -11.0. The molecule has 136 heavy (non-hydrogen) atoms. The summed E-state index contributed by atoms with van der Waals surface area (Å²) >= 11 is 0. The monoisotopic (exact) mass is 1820 g/mol. The highest BCUT2D eigenvalue weighted by molar-refractivity contribution is 5.95. The fourth-order valence-electron chi connectivity index (χ4n) is 21.9. The maximum Gasteiger partial charge on any atom is 0.338 e. The van der Waals surface area contributed by atoms with Gasteiger partial charge in [-0.25, -0.2) is 9.59 Å². The first-order valence-corrected chi connectivity index (χ1v) is 52.4. The second kappa shape index (κ2) is 47.4. The minimum atomic E-state index is -0.355. The number of ether oxygens (including phenoxy) is 6. The zero-order valence-corrected chi connectivity index (χ0v) is 82.8. The highest BCUT2D eigenvalue weighted by atomic mass is 16.5. The number of hydrogen-bond donors (Lipinski definition) is 0. The molecule has 710 valence electrons. The average Bonchev–Trinajstić information content (AvgIpc) is 1.56. The number of fused-ring (bicyclic) bond motifs is 6. The number of hydrogen-bond acceptors (Lipinski definition) is 10. The fourth-order valence-corrected chi connectivity index (χ4v) is 21.9. The first-order chi connectivity index (χ1) is 66.8. The van der Waals surface area contributed by atoms with Gasteiger partial charge in [0.05, 0.1) is 77.2 Å². The minimum Gasteiger partial charge on any atom is -0.462 e. The first-order valence-electron chi connectivity index (χ1n) is 52.4. The lowest BCUT2D eigenvalue weighted by molar-refractivity contribution is -0.152. The Labute approximate surface area is 813 Å². The number of rotatable bonds is 53. The van der Waals surface area contributed by atoms with Crippen molar-refractivity contribution in [1.82, 2.24) is 0 Å². The van der Waals surface area contributed by atoms with Crippen LogP contribution in [0, 0.1) is 10.8 Å². The van der Waals surface area contributed by atoms with E-state index in [0.717, 1.165) is 135 Å². The van der Waals surface area contributed by atoms with Crippen LogP contribution < -0.4 is 9.80 Å². The topological polar surface area (TPSA) is 96.0 Å². The van der Waals surface area contributed by atoms with Crippen LogP contribution in [0.2, 0.25) is 0 Å². The van der Waals surface area contributed by atoms with Gasteiger partial charge in [0.25, 0.3) is 0 Å². The number of benzene rings is 12. The van der Waals surface area contributed by atoms with Gasteiger partial charge >= 0.3 is 11.9 Å². The molecule has 2 aliphatic carbocycles. The van der Waals surface area contributed by atoms with Gasteiger partial charge in [0, 0.05) is 55.8 Å². The van der Waals surface area contributed by atoms with Gasteiger partial charge < -0.3 is 38.2 Å². The standard InChI is InChI=1S/C126H148N2O8/c1-9-17-21-25-29-33-75-125(76-34-30-26-22-18-10-2)117-81-101(97-47-43-93(44-48-97)85-131-87-123(13-5)89-133-90-123)59-71-113(117)115-73-61-103(83-119(115)125)99-55-67-109(68-56-99)127(111-41-37-39-105(79-111)121(129)135-15-7)107-63-51-95(52-64-107)96-53-65-108(66-54-96)128(112-42-38-40-106(80-112)122(130)136-16-8)110-69-57-100(58-70-110)104-62-74-116-114-72-60-102(98-49-45-94(46-50-98)86-132-88-124(14-6)91-134-92-124)82-118(114)126(120(116)84-104,77-35-31-27-23-19-11-3)78-36-32-28-24-20-12-4/h37-74,79-84H,9-36,75-78,85-92H2,1-8H3. The van der Waals surface area contributed by atoms with Crippen LogP contribution in [-0.2, 0) is 52.5 Å². The summed E-state index contributed by atoms with van der Waals surface area (Å²) in [5, 5.41) is 0. The Kier molecular flexibility index (Phi) is 34.2. The lowest BCUT2D eigenvalue weighted by atomic mass is 9.70. The highest BCUT2D eigenvalue weighted by Crippen LogP contribution is 2.59. The second-order valence-corrected chi connectivity index (χ2v) is 39.7. The van der Waals surface area contributed by atoms with E-state index in [0.29, 0.717) is 24.3 Å². The molecule has 0 atom stereocenters. The van der Waals surface area contributed by atoms with Crippen molar-refractivity contribution >= 4 is 46.1 Å². The van der Waals surface area contributed by atoms with Crippen LogP contribution in [0.25, 0.3) is 77.9 Å². The summed E-state index contributed by atoms with van der Waals surface area (Å²) in [6, 6.07) is 99.0. The molecule has 0 N–H and O–H groups in total. The summed E-state index contributed by atoms with van der Waals surface area (Å²) in [4.78, 5) is 31.8. The highest BCUT2D eigenvalue weighted by Gasteiger charge is 2.46. The van der Waals surface area contributed by atoms with Gasteiger partial charge in [-0.15, -0.1) is 0 Å². The van der Waals surface area contributed by atoms with Crippen LogP contribution in [0.15, 0.2) is 267 Å². The van der Waals surface area contributed by atoms with Crippen molar-refractivity contribution in [3.8, 4) is 77.9 Å². The van der Waals surface area contributed by atoms with Crippen molar-refractivity contribution < 1.29 is 38.0 Å². The van der Waals surface area contributed by atoms with Gasteiger partial charge in [-0.3, -0.25) is 0 Å². The molecule has 0 amide bonds. The maximum atomic E-state index is 13.6. The largest absolute Gasteiger partial charge is 0.462 e. The van der Waals surface area contributed by atoms with E-state index in [4.69, 9.17) is 28.4 Å². The molecule has 10 nitrogen and oxygen atoms in total. The van der Waals surface area contributed by atoms with Gasteiger partial charge in [-0.1, -0.05) is 353 Å². The quantitative estimate of drug-likeness (QED) is 0.0271. The van der Waals surface area contributed by atoms with Gasteiger partial charge in [0.2, 0.25) is 0 Å². The van der Waals surface area contributed by atoms with E-state index >= 15 is 0 Å². The average molecular weight is 1820 g/mol. The van der Waals surface area contributed by atoms with E-state index in [2.05, 4.69) is 282 Å². The fraction of sp³-hybridized carbons (Fsp3) is 0.413. The molecule has 2 saturated heterocycles. The Morgan fingerprint density at radius 1 is 0.272 bits per heavy atom. The molecular formula is C126H148N2O8. The molecule has 0 unspecified atom stereocenters. The third kappa shape index (κ3) is 22.9. The minimum absolute atomic E-state index is 0.138. The van der Waals surface area contributed by atoms with Crippen LogP contribution in [0.4, 0.5) is 34.1 Å².